The van der Waals surface area contributed by atoms with Gasteiger partial charge in [-0.2, -0.15) is 0 Å². The summed E-state index contributed by atoms with van der Waals surface area (Å²) in [6.45, 7) is -0.0786. The molecule has 1 aromatic heterocycles. The number of rotatable bonds is 5. The molecule has 2 rings (SSSR count). The third-order valence-electron chi connectivity index (χ3n) is 2.46. The molecule has 1 saturated heterocycles. The van der Waals surface area contributed by atoms with Crippen LogP contribution in [0.25, 0.3) is 0 Å². The van der Waals surface area contributed by atoms with Crippen molar-refractivity contribution in [2.75, 3.05) is 18.8 Å². The summed E-state index contributed by atoms with van der Waals surface area (Å²) in [6, 6.07) is 0. The first-order valence-corrected chi connectivity index (χ1v) is 8.61. The van der Waals surface area contributed by atoms with Crippen LogP contribution in [-0.2, 0) is 21.9 Å². The molecule has 0 radical (unpaired) electrons. The molecule has 1 aliphatic rings. The van der Waals surface area contributed by atoms with Crippen LogP contribution in [-0.4, -0.2) is 58.3 Å². The first kappa shape index (κ1) is 15.4. The number of imide groups is 1. The van der Waals surface area contributed by atoms with E-state index in [4.69, 9.17) is 0 Å². The highest BCUT2D eigenvalue weighted by atomic mass is 79.9. The second-order valence-corrected chi connectivity index (χ2v) is 7.17. The fourth-order valence-corrected chi connectivity index (χ4v) is 4.43. The van der Waals surface area contributed by atoms with Gasteiger partial charge in [0, 0.05) is 20.1 Å². The minimum absolute atomic E-state index is 0.00715. The van der Waals surface area contributed by atoms with Crippen LogP contribution in [0.5, 0.6) is 0 Å². The third kappa shape index (κ3) is 3.02. The quantitative estimate of drug-likeness (QED) is 0.731. The molecule has 9 nitrogen and oxygen atoms in total. The molecule has 20 heavy (non-hydrogen) atoms. The molecule has 0 aromatic carbocycles. The smallest absolute Gasteiger partial charge is 0.273 e. The van der Waals surface area contributed by atoms with Gasteiger partial charge in [0.15, 0.2) is 4.60 Å². The molecule has 1 N–H and O–H groups in total. The summed E-state index contributed by atoms with van der Waals surface area (Å²) in [5.41, 5.74) is 0. The molecule has 12 heteroatoms. The maximum absolute atomic E-state index is 12.0. The molecule has 0 spiro atoms. The first-order valence-electron chi connectivity index (χ1n) is 5.35. The number of aryl methyl sites for hydroxylation is 1. The van der Waals surface area contributed by atoms with Crippen LogP contribution >= 0.6 is 27.7 Å². The molecule has 2 amide bonds. The maximum atomic E-state index is 12.0. The number of nitrogens with zero attached hydrogens (tertiary/aromatic N) is 4. The van der Waals surface area contributed by atoms with Gasteiger partial charge in [0.1, 0.15) is 0 Å². The van der Waals surface area contributed by atoms with E-state index in [0.29, 0.717) is 0 Å². The van der Waals surface area contributed by atoms with E-state index in [2.05, 4.69) is 31.0 Å². The molecule has 1 aromatic rings. The Morgan fingerprint density at radius 3 is 2.65 bits per heavy atom. The number of amides is 2. The minimum Gasteiger partial charge on any atom is -0.273 e. The lowest BCUT2D eigenvalue weighted by molar-refractivity contribution is -0.124. The Morgan fingerprint density at radius 2 is 2.15 bits per heavy atom. The molecule has 110 valence electrons. The highest BCUT2D eigenvalue weighted by Crippen LogP contribution is 2.19. The summed E-state index contributed by atoms with van der Waals surface area (Å²) in [5, 5.41) is 6.67. The normalized spacial score (nSPS) is 16.2. The number of hydrogen-bond donors (Lipinski definition) is 1. The predicted octanol–water partition coefficient (Wildman–Crippen LogP) is -0.449. The van der Waals surface area contributed by atoms with Gasteiger partial charge in [0.25, 0.3) is 15.3 Å². The Bertz CT molecular complexity index is 622. The van der Waals surface area contributed by atoms with Gasteiger partial charge in [-0.1, -0.05) is 17.0 Å². The zero-order chi connectivity index (χ0) is 14.9. The number of aromatic nitrogens is 3. The zero-order valence-corrected chi connectivity index (χ0v) is 13.5. The van der Waals surface area contributed by atoms with Crippen molar-refractivity contribution >= 4 is 48.9 Å². The van der Waals surface area contributed by atoms with Gasteiger partial charge in [0.2, 0.25) is 10.9 Å². The van der Waals surface area contributed by atoms with Gasteiger partial charge in [-0.3, -0.25) is 14.5 Å². The van der Waals surface area contributed by atoms with Crippen molar-refractivity contribution < 1.29 is 18.0 Å². The summed E-state index contributed by atoms with van der Waals surface area (Å²) in [5.74, 6) is -0.217. The summed E-state index contributed by atoms with van der Waals surface area (Å²) in [7, 11) is -2.38. The average molecular weight is 384 g/mol. The molecule has 0 aliphatic carbocycles. The molecular formula is C8H10BrN5O4S2. The number of carbonyl (C=O) groups excluding carboxylic acids is 2. The maximum Gasteiger partial charge on any atom is 0.288 e. The van der Waals surface area contributed by atoms with Crippen LogP contribution in [0, 0.1) is 0 Å². The predicted molar refractivity (Wildman–Crippen MR) is 73.5 cm³/mol. The van der Waals surface area contributed by atoms with Crippen molar-refractivity contribution in [3.63, 3.8) is 0 Å². The lowest BCUT2D eigenvalue weighted by atomic mass is 10.5. The van der Waals surface area contributed by atoms with Gasteiger partial charge >= 0.3 is 0 Å². The highest BCUT2D eigenvalue weighted by molar-refractivity contribution is 9.10. The van der Waals surface area contributed by atoms with Crippen LogP contribution in [0.2, 0.25) is 0 Å². The van der Waals surface area contributed by atoms with Gasteiger partial charge in [-0.05, 0) is 15.9 Å². The van der Waals surface area contributed by atoms with Crippen molar-refractivity contribution in [1.29, 1.82) is 0 Å². The summed E-state index contributed by atoms with van der Waals surface area (Å²) in [6.07, 6.45) is 0. The fourth-order valence-electron chi connectivity index (χ4n) is 1.57. The Kier molecular flexibility index (Phi) is 4.46. The fraction of sp³-hybridized carbons (Fsp3) is 0.500. The van der Waals surface area contributed by atoms with Gasteiger partial charge in [0.05, 0.1) is 5.75 Å². The molecule has 0 unspecified atom stereocenters. The van der Waals surface area contributed by atoms with Crippen LogP contribution in [0.15, 0.2) is 9.63 Å². The molecule has 2 heterocycles. The Balaban J connectivity index is 2.00. The second kappa shape index (κ2) is 5.79. The zero-order valence-electron chi connectivity index (χ0n) is 10.2. The monoisotopic (exact) mass is 383 g/mol. The van der Waals surface area contributed by atoms with Gasteiger partial charge < -0.3 is 0 Å². The van der Waals surface area contributed by atoms with Crippen molar-refractivity contribution in [2.24, 2.45) is 7.05 Å². The van der Waals surface area contributed by atoms with Gasteiger partial charge in [-0.25, -0.2) is 17.8 Å². The van der Waals surface area contributed by atoms with Crippen LogP contribution in [0.3, 0.4) is 0 Å². The van der Waals surface area contributed by atoms with E-state index in [0.717, 1.165) is 21.3 Å². The number of thioether (sulfide) groups is 1. The number of nitrogens with one attached hydrogen (secondary N) is 1. The van der Waals surface area contributed by atoms with Crippen molar-refractivity contribution in [2.45, 2.75) is 5.03 Å². The van der Waals surface area contributed by atoms with E-state index in [1.54, 1.807) is 0 Å². The molecule has 1 aliphatic heterocycles. The standard InChI is InChI=1S/C8H10BrN5O4S2/c1-13-7(6(9)11-12-13)20(17,18)10-2-3-14-5(15)4-19-8(14)16/h10H,2-4H2,1H3. The van der Waals surface area contributed by atoms with E-state index in [9.17, 15) is 18.0 Å². The Labute approximate surface area is 127 Å². The second-order valence-electron chi connectivity index (χ2n) is 3.81. The van der Waals surface area contributed by atoms with Gasteiger partial charge in [-0.15, -0.1) is 5.10 Å². The lowest BCUT2D eigenvalue weighted by Crippen LogP contribution is -2.38. The highest BCUT2D eigenvalue weighted by Gasteiger charge is 2.30. The Morgan fingerprint density at radius 1 is 1.45 bits per heavy atom. The largest absolute Gasteiger partial charge is 0.288 e. The van der Waals surface area contributed by atoms with E-state index >= 15 is 0 Å². The SMILES string of the molecule is Cn1nnc(Br)c1S(=O)(=O)NCCN1C(=O)CSC1=O. The van der Waals surface area contributed by atoms with Crippen molar-refractivity contribution in [3.8, 4) is 0 Å². The topological polar surface area (TPSA) is 114 Å². The Hall–Kier alpha value is -0.980. The van der Waals surface area contributed by atoms with E-state index in [-0.39, 0.29) is 39.6 Å². The molecule has 1 fully saturated rings. The molecule has 0 atom stereocenters. The minimum atomic E-state index is -3.82. The van der Waals surface area contributed by atoms with E-state index in [1.165, 1.54) is 7.05 Å². The first-order chi connectivity index (χ1) is 9.33. The lowest BCUT2D eigenvalue weighted by Gasteiger charge is -2.13. The number of carbonyl (C=O) groups is 2. The van der Waals surface area contributed by atoms with Crippen LogP contribution < -0.4 is 4.72 Å². The summed E-state index contributed by atoms with van der Waals surface area (Å²) in [4.78, 5) is 23.7. The molecular weight excluding hydrogens is 374 g/mol. The van der Waals surface area contributed by atoms with Crippen molar-refractivity contribution in [3.05, 3.63) is 4.60 Å². The molecule has 0 bridgehead atoms. The third-order valence-corrected chi connectivity index (χ3v) is 5.67. The number of halogens is 1. The van der Waals surface area contributed by atoms with Crippen LogP contribution in [0.1, 0.15) is 0 Å². The van der Waals surface area contributed by atoms with Crippen LogP contribution in [0.4, 0.5) is 4.79 Å². The number of hydrogen-bond acceptors (Lipinski definition) is 7. The number of sulfonamides is 1. The summed E-state index contributed by atoms with van der Waals surface area (Å²) < 4.78 is 27.6. The molecule has 0 saturated carbocycles. The van der Waals surface area contributed by atoms with Crippen molar-refractivity contribution in [1.82, 2.24) is 24.6 Å². The van der Waals surface area contributed by atoms with E-state index < -0.39 is 10.0 Å². The summed E-state index contributed by atoms with van der Waals surface area (Å²) >= 11 is 3.90. The average Bonchev–Trinajstić information content (AvgIpc) is 2.85. The van der Waals surface area contributed by atoms with E-state index in [1.807, 2.05) is 0 Å².